The second-order valence-electron chi connectivity index (χ2n) is 5.16. The van der Waals surface area contributed by atoms with Crippen molar-refractivity contribution in [2.24, 2.45) is 5.92 Å². The van der Waals surface area contributed by atoms with E-state index in [0.29, 0.717) is 0 Å². The van der Waals surface area contributed by atoms with E-state index in [4.69, 9.17) is 0 Å². The molecule has 88 valence electrons. The summed E-state index contributed by atoms with van der Waals surface area (Å²) in [5, 5.41) is 3.54. The molecule has 2 fully saturated rings. The molecule has 2 nitrogen and oxygen atoms in total. The van der Waals surface area contributed by atoms with E-state index in [2.05, 4.69) is 35.8 Å². The number of rotatable bonds is 2. The van der Waals surface area contributed by atoms with Gasteiger partial charge in [-0.2, -0.15) is 11.8 Å². The number of piperidine rings is 1. The molecule has 0 aromatic carbocycles. The molecule has 0 spiro atoms. The molecule has 1 N–H and O–H groups in total. The van der Waals surface area contributed by atoms with Crippen LogP contribution in [-0.4, -0.2) is 48.1 Å². The standard InChI is InChI=1S/C12H24N2S/c1-10-7-12(3-4-13-10)8-14-5-6-15-9-11(14)2/h10-13H,3-9H2,1-2H3. The molecule has 0 amide bonds. The molecule has 2 aliphatic rings. The Bertz CT molecular complexity index is 198. The maximum absolute atomic E-state index is 3.54. The molecule has 15 heavy (non-hydrogen) atoms. The van der Waals surface area contributed by atoms with Crippen LogP contribution in [0.2, 0.25) is 0 Å². The highest BCUT2D eigenvalue weighted by molar-refractivity contribution is 7.99. The van der Waals surface area contributed by atoms with E-state index in [0.717, 1.165) is 18.0 Å². The Labute approximate surface area is 98.2 Å². The Morgan fingerprint density at radius 1 is 1.40 bits per heavy atom. The quantitative estimate of drug-likeness (QED) is 0.776. The van der Waals surface area contributed by atoms with Crippen LogP contribution in [0.5, 0.6) is 0 Å². The first kappa shape index (κ1) is 11.7. The summed E-state index contributed by atoms with van der Waals surface area (Å²) in [7, 11) is 0. The Hall–Kier alpha value is 0.270. The topological polar surface area (TPSA) is 15.3 Å². The monoisotopic (exact) mass is 228 g/mol. The van der Waals surface area contributed by atoms with Crippen LogP contribution in [0, 0.1) is 5.92 Å². The van der Waals surface area contributed by atoms with Crippen molar-refractivity contribution in [3.05, 3.63) is 0 Å². The second-order valence-corrected chi connectivity index (χ2v) is 6.31. The van der Waals surface area contributed by atoms with Crippen molar-refractivity contribution in [1.29, 1.82) is 0 Å². The van der Waals surface area contributed by atoms with Gasteiger partial charge in [-0.15, -0.1) is 0 Å². The zero-order chi connectivity index (χ0) is 10.7. The highest BCUT2D eigenvalue weighted by Gasteiger charge is 2.24. The van der Waals surface area contributed by atoms with Gasteiger partial charge in [-0.05, 0) is 39.2 Å². The largest absolute Gasteiger partial charge is 0.314 e. The van der Waals surface area contributed by atoms with Crippen molar-refractivity contribution in [2.45, 2.75) is 38.8 Å². The maximum atomic E-state index is 3.54. The molecule has 0 bridgehead atoms. The van der Waals surface area contributed by atoms with Gasteiger partial charge in [0.15, 0.2) is 0 Å². The van der Waals surface area contributed by atoms with Crippen molar-refractivity contribution >= 4 is 11.8 Å². The summed E-state index contributed by atoms with van der Waals surface area (Å²) in [6, 6.07) is 1.53. The lowest BCUT2D eigenvalue weighted by atomic mass is 9.92. The highest BCUT2D eigenvalue weighted by Crippen LogP contribution is 2.22. The van der Waals surface area contributed by atoms with E-state index in [9.17, 15) is 0 Å². The molecule has 0 radical (unpaired) electrons. The SMILES string of the molecule is CC1CC(CN2CCSCC2C)CCN1. The van der Waals surface area contributed by atoms with Crippen LogP contribution in [0.3, 0.4) is 0 Å². The molecule has 3 atom stereocenters. The molecule has 0 saturated carbocycles. The third-order valence-corrected chi connectivity index (χ3v) is 4.92. The zero-order valence-electron chi connectivity index (χ0n) is 10.0. The first-order valence-corrected chi connectivity index (χ1v) is 7.46. The van der Waals surface area contributed by atoms with Crippen LogP contribution in [0.15, 0.2) is 0 Å². The van der Waals surface area contributed by atoms with E-state index in [1.54, 1.807) is 0 Å². The number of thioether (sulfide) groups is 1. The van der Waals surface area contributed by atoms with Crippen molar-refractivity contribution < 1.29 is 0 Å². The molecule has 2 saturated heterocycles. The molecule has 2 heterocycles. The fraction of sp³-hybridized carbons (Fsp3) is 1.00. The Balaban J connectivity index is 1.79. The Morgan fingerprint density at radius 3 is 3.00 bits per heavy atom. The van der Waals surface area contributed by atoms with Gasteiger partial charge in [0.05, 0.1) is 0 Å². The van der Waals surface area contributed by atoms with E-state index < -0.39 is 0 Å². The van der Waals surface area contributed by atoms with Crippen molar-refractivity contribution in [1.82, 2.24) is 10.2 Å². The molecule has 2 aliphatic heterocycles. The number of hydrogen-bond acceptors (Lipinski definition) is 3. The fourth-order valence-corrected chi connectivity index (χ4v) is 3.85. The van der Waals surface area contributed by atoms with Gasteiger partial charge in [0.25, 0.3) is 0 Å². The fourth-order valence-electron chi connectivity index (χ4n) is 2.77. The molecule has 3 unspecified atom stereocenters. The van der Waals surface area contributed by atoms with Crippen LogP contribution < -0.4 is 5.32 Å². The molecule has 0 aromatic heterocycles. The summed E-state index contributed by atoms with van der Waals surface area (Å²) in [6.45, 7) is 8.58. The Kier molecular flexibility index (Phi) is 4.35. The van der Waals surface area contributed by atoms with Crippen LogP contribution in [0.4, 0.5) is 0 Å². The summed E-state index contributed by atoms with van der Waals surface area (Å²) in [4.78, 5) is 2.71. The number of nitrogens with zero attached hydrogens (tertiary/aromatic N) is 1. The van der Waals surface area contributed by atoms with Crippen molar-refractivity contribution in [3.8, 4) is 0 Å². The average molecular weight is 228 g/mol. The second kappa shape index (κ2) is 5.55. The first-order chi connectivity index (χ1) is 7.25. The third-order valence-electron chi connectivity index (χ3n) is 3.73. The minimum atomic E-state index is 0.734. The Morgan fingerprint density at radius 2 is 2.27 bits per heavy atom. The summed E-state index contributed by atoms with van der Waals surface area (Å²) in [6.07, 6.45) is 2.75. The van der Waals surface area contributed by atoms with Gasteiger partial charge in [-0.25, -0.2) is 0 Å². The van der Waals surface area contributed by atoms with Crippen LogP contribution in [0.1, 0.15) is 26.7 Å². The summed E-state index contributed by atoms with van der Waals surface area (Å²) in [5.41, 5.74) is 0. The van der Waals surface area contributed by atoms with Crippen LogP contribution in [-0.2, 0) is 0 Å². The van der Waals surface area contributed by atoms with E-state index in [1.165, 1.54) is 44.0 Å². The van der Waals surface area contributed by atoms with Gasteiger partial charge >= 0.3 is 0 Å². The molecular formula is C12H24N2S. The first-order valence-electron chi connectivity index (χ1n) is 6.31. The van der Waals surface area contributed by atoms with Crippen LogP contribution >= 0.6 is 11.8 Å². The summed E-state index contributed by atoms with van der Waals surface area (Å²) in [5.74, 6) is 3.61. The molecule has 2 rings (SSSR count). The third kappa shape index (κ3) is 3.36. The van der Waals surface area contributed by atoms with Gasteiger partial charge in [0, 0.05) is 36.7 Å². The van der Waals surface area contributed by atoms with Gasteiger partial charge in [0.2, 0.25) is 0 Å². The number of hydrogen-bond donors (Lipinski definition) is 1. The van der Waals surface area contributed by atoms with Crippen molar-refractivity contribution in [3.63, 3.8) is 0 Å². The predicted octanol–water partition coefficient (Wildman–Crippen LogP) is 1.81. The average Bonchev–Trinajstić information content (AvgIpc) is 2.22. The van der Waals surface area contributed by atoms with Gasteiger partial charge < -0.3 is 5.32 Å². The van der Waals surface area contributed by atoms with Gasteiger partial charge in [-0.1, -0.05) is 0 Å². The van der Waals surface area contributed by atoms with E-state index in [1.807, 2.05) is 0 Å². The predicted molar refractivity (Wildman–Crippen MR) is 68.5 cm³/mol. The lowest BCUT2D eigenvalue weighted by Gasteiger charge is -2.38. The minimum Gasteiger partial charge on any atom is -0.314 e. The molecule has 0 aliphatic carbocycles. The summed E-state index contributed by atoms with van der Waals surface area (Å²) < 4.78 is 0. The van der Waals surface area contributed by atoms with E-state index >= 15 is 0 Å². The minimum absolute atomic E-state index is 0.734. The zero-order valence-corrected chi connectivity index (χ0v) is 10.9. The van der Waals surface area contributed by atoms with E-state index in [-0.39, 0.29) is 0 Å². The maximum Gasteiger partial charge on any atom is 0.0158 e. The van der Waals surface area contributed by atoms with Gasteiger partial charge in [0.1, 0.15) is 0 Å². The molecular weight excluding hydrogens is 204 g/mol. The number of nitrogens with one attached hydrogen (secondary N) is 1. The summed E-state index contributed by atoms with van der Waals surface area (Å²) >= 11 is 2.12. The van der Waals surface area contributed by atoms with Gasteiger partial charge in [-0.3, -0.25) is 4.90 Å². The lowest BCUT2D eigenvalue weighted by molar-refractivity contribution is 0.166. The normalized spacial score (nSPS) is 39.2. The van der Waals surface area contributed by atoms with Crippen molar-refractivity contribution in [2.75, 3.05) is 31.1 Å². The van der Waals surface area contributed by atoms with Crippen LogP contribution in [0.25, 0.3) is 0 Å². The smallest absolute Gasteiger partial charge is 0.0158 e. The molecule has 3 heteroatoms. The highest BCUT2D eigenvalue weighted by atomic mass is 32.2. The lowest BCUT2D eigenvalue weighted by Crippen LogP contribution is -2.46. The molecule has 0 aromatic rings.